The summed E-state index contributed by atoms with van der Waals surface area (Å²) in [6.45, 7) is 1.59. The molecule has 1 aliphatic heterocycles. The van der Waals surface area contributed by atoms with E-state index in [0.29, 0.717) is 12.4 Å². The first-order valence-electron chi connectivity index (χ1n) is 8.93. The third-order valence-electron chi connectivity index (χ3n) is 4.76. The number of hydrogen-bond donors (Lipinski definition) is 2. The summed E-state index contributed by atoms with van der Waals surface area (Å²) in [5.74, 6) is -0.717. The number of carboxylic acids is 1. The van der Waals surface area contributed by atoms with Crippen LogP contribution < -0.4 is 4.74 Å². The molecule has 0 radical (unpaired) electrons. The lowest BCUT2D eigenvalue weighted by atomic mass is 9.92. The Morgan fingerprint density at radius 2 is 1.82 bits per heavy atom. The largest absolute Gasteiger partial charge is 0.489 e. The molecule has 0 aliphatic carbocycles. The SMILES string of the molecule is CC1(O)CCC(C(=O)O)N(S(=O)(=O)c2ccc(OCc3ccccc3)cc2)C1. The first-order chi connectivity index (χ1) is 13.2. The predicted molar refractivity (Wildman–Crippen MR) is 102 cm³/mol. The zero-order valence-electron chi connectivity index (χ0n) is 15.5. The highest BCUT2D eigenvalue weighted by Crippen LogP contribution is 2.31. The van der Waals surface area contributed by atoms with Crippen LogP contribution in [0.5, 0.6) is 5.75 Å². The van der Waals surface area contributed by atoms with Crippen LogP contribution in [0.25, 0.3) is 0 Å². The van der Waals surface area contributed by atoms with Crippen molar-refractivity contribution in [3.05, 3.63) is 60.2 Å². The van der Waals surface area contributed by atoms with Gasteiger partial charge in [-0.05, 0) is 49.6 Å². The summed E-state index contributed by atoms with van der Waals surface area (Å²) in [7, 11) is -4.07. The van der Waals surface area contributed by atoms with Crippen LogP contribution in [0.2, 0.25) is 0 Å². The number of hydrogen-bond acceptors (Lipinski definition) is 5. The van der Waals surface area contributed by atoms with Crippen LogP contribution in [-0.4, -0.2) is 47.1 Å². The van der Waals surface area contributed by atoms with Crippen molar-refractivity contribution in [1.82, 2.24) is 4.31 Å². The molecule has 7 nitrogen and oxygen atoms in total. The minimum Gasteiger partial charge on any atom is -0.489 e. The van der Waals surface area contributed by atoms with Gasteiger partial charge in [0.15, 0.2) is 0 Å². The first kappa shape index (κ1) is 20.3. The maximum absolute atomic E-state index is 13.0. The Kier molecular flexibility index (Phi) is 5.74. The lowest BCUT2D eigenvalue weighted by Crippen LogP contribution is -2.56. The molecule has 8 heteroatoms. The van der Waals surface area contributed by atoms with E-state index in [2.05, 4.69) is 0 Å². The van der Waals surface area contributed by atoms with E-state index in [1.165, 1.54) is 31.2 Å². The normalized spacial score (nSPS) is 23.3. The second-order valence-corrected chi connectivity index (χ2v) is 9.08. The van der Waals surface area contributed by atoms with Crippen LogP contribution in [-0.2, 0) is 21.4 Å². The highest BCUT2D eigenvalue weighted by Gasteiger charge is 2.44. The molecule has 3 rings (SSSR count). The van der Waals surface area contributed by atoms with Gasteiger partial charge in [-0.25, -0.2) is 8.42 Å². The summed E-state index contributed by atoms with van der Waals surface area (Å²) < 4.78 is 32.5. The number of aliphatic carboxylic acids is 1. The van der Waals surface area contributed by atoms with Crippen molar-refractivity contribution in [3.8, 4) is 5.75 Å². The van der Waals surface area contributed by atoms with Gasteiger partial charge < -0.3 is 14.9 Å². The van der Waals surface area contributed by atoms with E-state index in [1.54, 1.807) is 0 Å². The topological polar surface area (TPSA) is 104 Å². The fourth-order valence-electron chi connectivity index (χ4n) is 3.20. The van der Waals surface area contributed by atoms with Crippen LogP contribution in [0.3, 0.4) is 0 Å². The molecule has 1 saturated heterocycles. The van der Waals surface area contributed by atoms with Gasteiger partial charge in [-0.2, -0.15) is 4.31 Å². The minimum atomic E-state index is -4.07. The van der Waals surface area contributed by atoms with Gasteiger partial charge in [0.25, 0.3) is 0 Å². The molecule has 2 aromatic carbocycles. The van der Waals surface area contributed by atoms with Crippen LogP contribution in [0.15, 0.2) is 59.5 Å². The quantitative estimate of drug-likeness (QED) is 0.764. The molecule has 2 atom stereocenters. The van der Waals surface area contributed by atoms with Crippen molar-refractivity contribution >= 4 is 16.0 Å². The van der Waals surface area contributed by atoms with Crippen molar-refractivity contribution in [3.63, 3.8) is 0 Å². The molecule has 0 aromatic heterocycles. The molecule has 28 heavy (non-hydrogen) atoms. The summed E-state index contributed by atoms with van der Waals surface area (Å²) >= 11 is 0. The highest BCUT2D eigenvalue weighted by molar-refractivity contribution is 7.89. The molecule has 0 bridgehead atoms. The van der Waals surface area contributed by atoms with Gasteiger partial charge in [0.2, 0.25) is 10.0 Å². The minimum absolute atomic E-state index is 0.0384. The van der Waals surface area contributed by atoms with E-state index in [9.17, 15) is 23.4 Å². The Morgan fingerprint density at radius 3 is 2.43 bits per heavy atom. The summed E-state index contributed by atoms with van der Waals surface area (Å²) in [6.07, 6.45) is 0.280. The second-order valence-electron chi connectivity index (χ2n) is 7.19. The Labute approximate surface area is 164 Å². The number of carbonyl (C=O) groups is 1. The molecule has 0 saturated carbocycles. The summed E-state index contributed by atoms with van der Waals surface area (Å²) in [4.78, 5) is 11.5. The smallest absolute Gasteiger partial charge is 0.322 e. The number of benzene rings is 2. The van der Waals surface area contributed by atoms with E-state index in [1.807, 2.05) is 30.3 Å². The molecule has 1 aliphatic rings. The highest BCUT2D eigenvalue weighted by atomic mass is 32.2. The van der Waals surface area contributed by atoms with Crippen molar-refractivity contribution in [1.29, 1.82) is 0 Å². The van der Waals surface area contributed by atoms with Crippen LogP contribution >= 0.6 is 0 Å². The van der Waals surface area contributed by atoms with Crippen LogP contribution in [0.4, 0.5) is 0 Å². The number of carboxylic acid groups (broad SMARTS) is 1. The molecular formula is C20H23NO6S. The van der Waals surface area contributed by atoms with E-state index in [-0.39, 0.29) is 24.3 Å². The molecule has 1 fully saturated rings. The number of nitrogens with zero attached hydrogens (tertiary/aromatic N) is 1. The van der Waals surface area contributed by atoms with Crippen LogP contribution in [0.1, 0.15) is 25.3 Å². The molecule has 1 heterocycles. The summed E-state index contributed by atoms with van der Waals surface area (Å²) in [6, 6.07) is 14.2. The molecule has 2 unspecified atom stereocenters. The van der Waals surface area contributed by atoms with Gasteiger partial charge in [-0.3, -0.25) is 4.79 Å². The van der Waals surface area contributed by atoms with Gasteiger partial charge >= 0.3 is 5.97 Å². The van der Waals surface area contributed by atoms with E-state index in [0.717, 1.165) is 9.87 Å². The third-order valence-corrected chi connectivity index (χ3v) is 6.63. The van der Waals surface area contributed by atoms with Gasteiger partial charge in [-0.1, -0.05) is 30.3 Å². The number of piperidine rings is 1. The van der Waals surface area contributed by atoms with E-state index < -0.39 is 27.6 Å². The average Bonchev–Trinajstić information content (AvgIpc) is 2.66. The predicted octanol–water partition coefficient (Wildman–Crippen LogP) is 2.25. The fourth-order valence-corrected chi connectivity index (χ4v) is 4.93. The Morgan fingerprint density at radius 1 is 1.18 bits per heavy atom. The zero-order chi connectivity index (χ0) is 20.4. The maximum atomic E-state index is 13.0. The molecule has 0 amide bonds. The number of aliphatic hydroxyl groups is 1. The first-order valence-corrected chi connectivity index (χ1v) is 10.4. The molecular weight excluding hydrogens is 382 g/mol. The monoisotopic (exact) mass is 405 g/mol. The second kappa shape index (κ2) is 7.90. The van der Waals surface area contributed by atoms with Crippen LogP contribution in [0, 0.1) is 0 Å². The summed E-state index contributed by atoms with van der Waals surface area (Å²) in [5, 5.41) is 19.7. The van der Waals surface area contributed by atoms with Crippen molar-refractivity contribution in [2.75, 3.05) is 6.54 Å². The summed E-state index contributed by atoms with van der Waals surface area (Å²) in [5.41, 5.74) is -0.281. The lowest BCUT2D eigenvalue weighted by Gasteiger charge is -2.39. The Hall–Kier alpha value is -2.42. The van der Waals surface area contributed by atoms with Crippen molar-refractivity contribution in [2.45, 2.75) is 42.9 Å². The number of sulfonamides is 1. The molecule has 2 N–H and O–H groups in total. The fraction of sp³-hybridized carbons (Fsp3) is 0.350. The third kappa shape index (κ3) is 4.52. The van der Waals surface area contributed by atoms with E-state index in [4.69, 9.17) is 4.74 Å². The van der Waals surface area contributed by atoms with Gasteiger partial charge in [0, 0.05) is 6.54 Å². The Bertz CT molecular complexity index is 925. The standard InChI is InChI=1S/C20H23NO6S/c1-20(24)12-11-18(19(22)23)21(14-20)28(25,26)17-9-7-16(8-10-17)27-13-15-5-3-2-4-6-15/h2-10,18,24H,11-14H2,1H3,(H,22,23). The van der Waals surface area contributed by atoms with Gasteiger partial charge in [0.05, 0.1) is 10.5 Å². The number of ether oxygens (including phenoxy) is 1. The molecule has 2 aromatic rings. The molecule has 0 spiro atoms. The average molecular weight is 405 g/mol. The van der Waals surface area contributed by atoms with Crippen molar-refractivity contribution < 1.29 is 28.2 Å². The van der Waals surface area contributed by atoms with Gasteiger partial charge in [0.1, 0.15) is 18.4 Å². The Balaban J connectivity index is 1.78. The number of β-amino-alcohol motifs (C(OH)–C–C–N with tert-alkyl or cyclic N) is 1. The lowest BCUT2D eigenvalue weighted by molar-refractivity contribution is -0.144. The molecule has 150 valence electrons. The number of rotatable bonds is 6. The van der Waals surface area contributed by atoms with Gasteiger partial charge in [-0.15, -0.1) is 0 Å². The van der Waals surface area contributed by atoms with E-state index >= 15 is 0 Å². The van der Waals surface area contributed by atoms with Crippen molar-refractivity contribution in [2.24, 2.45) is 0 Å². The zero-order valence-corrected chi connectivity index (χ0v) is 16.3. The maximum Gasteiger partial charge on any atom is 0.322 e.